The van der Waals surface area contributed by atoms with Crippen molar-refractivity contribution in [3.05, 3.63) is 52.3 Å². The molecule has 1 aromatic carbocycles. The van der Waals surface area contributed by atoms with Gasteiger partial charge >= 0.3 is 0 Å². The van der Waals surface area contributed by atoms with Gasteiger partial charge in [0.1, 0.15) is 0 Å². The lowest BCUT2D eigenvalue weighted by atomic mass is 10.1. The molecule has 1 N–H and O–H groups in total. The van der Waals surface area contributed by atoms with E-state index in [1.807, 2.05) is 24.6 Å². The number of hydrogen-bond donors (Lipinski definition) is 1. The zero-order valence-corrected chi connectivity index (χ0v) is 15.6. The number of Topliss-reactive ketones (excluding diaryl/α,β-unsaturated/α-hetero) is 1. The van der Waals surface area contributed by atoms with Crippen molar-refractivity contribution in [1.29, 1.82) is 0 Å². The number of hydrogen-bond acceptors (Lipinski definition) is 3. The molecule has 25 heavy (non-hydrogen) atoms. The summed E-state index contributed by atoms with van der Waals surface area (Å²) < 4.78 is 1.95. The molecular formula is C19H24ClN3O2. The predicted molar refractivity (Wildman–Crippen MR) is 98.9 cm³/mol. The van der Waals surface area contributed by atoms with Gasteiger partial charge in [0.05, 0.1) is 5.69 Å². The fraction of sp³-hybridized carbons (Fsp3) is 0.421. The molecule has 0 aliphatic rings. The molecule has 6 heteroatoms. The summed E-state index contributed by atoms with van der Waals surface area (Å²) in [6, 6.07) is 8.75. The Bertz CT molecular complexity index is 738. The molecule has 1 unspecified atom stereocenters. The van der Waals surface area contributed by atoms with Crippen molar-refractivity contribution in [3.8, 4) is 0 Å². The third kappa shape index (κ3) is 6.02. The number of nitrogens with one attached hydrogen (secondary N) is 1. The molecule has 0 spiro atoms. The number of benzene rings is 1. The SMILES string of the molecule is Cc1cc(C)n(CC(C)CNC(=O)CCC(=O)c2ccc(Cl)cc2)n1. The van der Waals surface area contributed by atoms with Gasteiger partial charge in [-0.05, 0) is 50.1 Å². The monoisotopic (exact) mass is 361 g/mol. The van der Waals surface area contributed by atoms with Crippen LogP contribution in [0.3, 0.4) is 0 Å². The van der Waals surface area contributed by atoms with Crippen molar-refractivity contribution < 1.29 is 9.59 Å². The van der Waals surface area contributed by atoms with Crippen molar-refractivity contribution in [1.82, 2.24) is 15.1 Å². The Morgan fingerprint density at radius 3 is 2.48 bits per heavy atom. The van der Waals surface area contributed by atoms with E-state index in [4.69, 9.17) is 11.6 Å². The normalized spacial score (nSPS) is 12.0. The van der Waals surface area contributed by atoms with Crippen LogP contribution in [-0.2, 0) is 11.3 Å². The summed E-state index contributed by atoms with van der Waals surface area (Å²) in [6.45, 7) is 7.37. The Kier molecular flexibility index (Phi) is 6.76. The number of ketones is 1. The Labute approximate surface area is 153 Å². The molecule has 134 valence electrons. The van der Waals surface area contributed by atoms with Gasteiger partial charge in [0.2, 0.25) is 5.91 Å². The van der Waals surface area contributed by atoms with E-state index >= 15 is 0 Å². The highest BCUT2D eigenvalue weighted by molar-refractivity contribution is 6.30. The number of aryl methyl sites for hydroxylation is 2. The Morgan fingerprint density at radius 2 is 1.88 bits per heavy atom. The van der Waals surface area contributed by atoms with Gasteiger partial charge in [-0.25, -0.2) is 0 Å². The average Bonchev–Trinajstić information content (AvgIpc) is 2.88. The average molecular weight is 362 g/mol. The minimum atomic E-state index is -0.109. The smallest absolute Gasteiger partial charge is 0.220 e. The molecule has 0 aliphatic heterocycles. The van der Waals surface area contributed by atoms with Gasteiger partial charge in [-0.3, -0.25) is 14.3 Å². The lowest BCUT2D eigenvalue weighted by molar-refractivity contribution is -0.121. The van der Waals surface area contributed by atoms with E-state index < -0.39 is 0 Å². The van der Waals surface area contributed by atoms with Crippen molar-refractivity contribution >= 4 is 23.3 Å². The third-order valence-electron chi connectivity index (χ3n) is 3.98. The summed E-state index contributed by atoms with van der Waals surface area (Å²) in [4.78, 5) is 24.0. The van der Waals surface area contributed by atoms with Crippen LogP contribution in [0.25, 0.3) is 0 Å². The molecule has 2 aromatic rings. The first kappa shape index (κ1) is 19.2. The van der Waals surface area contributed by atoms with Crippen LogP contribution >= 0.6 is 11.6 Å². The van der Waals surface area contributed by atoms with Crippen molar-refractivity contribution in [2.45, 2.75) is 40.2 Å². The second-order valence-electron chi connectivity index (χ2n) is 6.45. The molecule has 0 saturated carbocycles. The molecule has 0 fully saturated rings. The zero-order chi connectivity index (χ0) is 18.4. The van der Waals surface area contributed by atoms with Crippen LogP contribution < -0.4 is 5.32 Å². The minimum absolute atomic E-state index is 0.0532. The maximum atomic E-state index is 12.0. The lowest BCUT2D eigenvalue weighted by Gasteiger charge is -2.14. The van der Waals surface area contributed by atoms with Gasteiger partial charge < -0.3 is 5.32 Å². The van der Waals surface area contributed by atoms with Gasteiger partial charge in [-0.1, -0.05) is 18.5 Å². The minimum Gasteiger partial charge on any atom is -0.356 e. The van der Waals surface area contributed by atoms with E-state index in [9.17, 15) is 9.59 Å². The maximum Gasteiger partial charge on any atom is 0.220 e. The van der Waals surface area contributed by atoms with Gasteiger partial charge in [0.15, 0.2) is 5.78 Å². The van der Waals surface area contributed by atoms with Gasteiger partial charge in [0.25, 0.3) is 0 Å². The molecule has 0 radical (unpaired) electrons. The van der Waals surface area contributed by atoms with E-state index in [-0.39, 0.29) is 30.4 Å². The fourth-order valence-corrected chi connectivity index (χ4v) is 2.73. The zero-order valence-electron chi connectivity index (χ0n) is 14.9. The highest BCUT2D eigenvalue weighted by Crippen LogP contribution is 2.12. The van der Waals surface area contributed by atoms with Gasteiger partial charge in [-0.2, -0.15) is 5.10 Å². The first-order chi connectivity index (χ1) is 11.8. The summed E-state index contributed by atoms with van der Waals surface area (Å²) in [6.07, 6.45) is 0.382. The Hall–Kier alpha value is -2.14. The standard InChI is InChI=1S/C19H24ClN3O2/c1-13(12-23-15(3)10-14(2)22-23)11-21-19(25)9-8-18(24)16-4-6-17(20)7-5-16/h4-7,10,13H,8-9,11-12H2,1-3H3,(H,21,25). The van der Waals surface area contributed by atoms with Crippen molar-refractivity contribution in [2.24, 2.45) is 5.92 Å². The molecule has 0 aliphatic carbocycles. The van der Waals surface area contributed by atoms with Crippen molar-refractivity contribution in [2.75, 3.05) is 6.54 Å². The number of amides is 1. The Morgan fingerprint density at radius 1 is 1.20 bits per heavy atom. The maximum absolute atomic E-state index is 12.0. The van der Waals surface area contributed by atoms with Crippen LogP contribution in [0.2, 0.25) is 5.02 Å². The van der Waals surface area contributed by atoms with Gasteiger partial charge in [0, 0.05) is 42.2 Å². The molecule has 2 rings (SSSR count). The summed E-state index contributed by atoms with van der Waals surface area (Å²) >= 11 is 5.80. The Balaban J connectivity index is 1.72. The van der Waals surface area contributed by atoms with E-state index in [2.05, 4.69) is 17.3 Å². The molecular weight excluding hydrogens is 338 g/mol. The molecule has 0 saturated heterocycles. The second-order valence-corrected chi connectivity index (χ2v) is 6.88. The molecule has 1 aromatic heterocycles. The summed E-state index contributed by atoms with van der Waals surface area (Å²) in [5, 5.41) is 7.91. The number of carbonyl (C=O) groups is 2. The highest BCUT2D eigenvalue weighted by atomic mass is 35.5. The number of nitrogens with zero attached hydrogens (tertiary/aromatic N) is 2. The first-order valence-electron chi connectivity index (χ1n) is 8.41. The summed E-state index contributed by atoms with van der Waals surface area (Å²) in [5.74, 6) is 0.0963. The van der Waals surface area contributed by atoms with E-state index in [1.165, 1.54) is 0 Å². The molecule has 5 nitrogen and oxygen atoms in total. The van der Waals surface area contributed by atoms with Crippen LogP contribution in [0.5, 0.6) is 0 Å². The predicted octanol–water partition coefficient (Wildman–Crippen LogP) is 3.57. The molecule has 0 bridgehead atoms. The quantitative estimate of drug-likeness (QED) is 0.731. The number of aromatic nitrogens is 2. The first-order valence-corrected chi connectivity index (χ1v) is 8.79. The largest absolute Gasteiger partial charge is 0.356 e. The van der Waals surface area contributed by atoms with E-state index in [0.29, 0.717) is 17.1 Å². The van der Waals surface area contributed by atoms with Crippen LogP contribution in [-0.4, -0.2) is 28.0 Å². The van der Waals surface area contributed by atoms with E-state index in [1.54, 1.807) is 24.3 Å². The number of halogens is 1. The van der Waals surface area contributed by atoms with Crippen LogP contribution in [0.1, 0.15) is 41.5 Å². The highest BCUT2D eigenvalue weighted by Gasteiger charge is 2.11. The molecule has 1 heterocycles. The van der Waals surface area contributed by atoms with Crippen LogP contribution in [0.15, 0.2) is 30.3 Å². The van der Waals surface area contributed by atoms with E-state index in [0.717, 1.165) is 17.9 Å². The lowest BCUT2D eigenvalue weighted by Crippen LogP contribution is -2.30. The molecule has 1 atom stereocenters. The van der Waals surface area contributed by atoms with Crippen molar-refractivity contribution in [3.63, 3.8) is 0 Å². The topological polar surface area (TPSA) is 64.0 Å². The summed E-state index contributed by atoms with van der Waals surface area (Å²) in [7, 11) is 0. The van der Waals surface area contributed by atoms with Gasteiger partial charge in [-0.15, -0.1) is 0 Å². The van der Waals surface area contributed by atoms with Crippen LogP contribution in [0, 0.1) is 19.8 Å². The third-order valence-corrected chi connectivity index (χ3v) is 4.23. The second kappa shape index (κ2) is 8.81. The van der Waals surface area contributed by atoms with Crippen LogP contribution in [0.4, 0.5) is 0 Å². The number of carbonyl (C=O) groups excluding carboxylic acids is 2. The fourth-order valence-electron chi connectivity index (χ4n) is 2.60. The molecule has 1 amide bonds. The summed E-state index contributed by atoms with van der Waals surface area (Å²) in [5.41, 5.74) is 2.69. The number of rotatable bonds is 8.